The van der Waals surface area contributed by atoms with Crippen LogP contribution in [0.3, 0.4) is 0 Å². The molecule has 10 nitrogen and oxygen atoms in total. The Morgan fingerprint density at radius 2 is 1.77 bits per heavy atom. The average molecular weight is 553 g/mol. The van der Waals surface area contributed by atoms with E-state index in [1.165, 1.54) is 30.6 Å². The molecule has 0 spiro atoms. The molecule has 1 aromatic heterocycles. The normalized spacial score (nSPS) is 12.2. The van der Waals surface area contributed by atoms with Gasteiger partial charge in [0.2, 0.25) is 11.6 Å². The van der Waals surface area contributed by atoms with Gasteiger partial charge in [0.1, 0.15) is 30.7 Å². The second-order valence-electron chi connectivity index (χ2n) is 8.68. The van der Waals surface area contributed by atoms with Crippen molar-refractivity contribution in [2.24, 2.45) is 0 Å². The van der Waals surface area contributed by atoms with Crippen LogP contribution in [0.4, 0.5) is 19.3 Å². The van der Waals surface area contributed by atoms with E-state index in [1.807, 2.05) is 0 Å². The van der Waals surface area contributed by atoms with Crippen LogP contribution in [-0.4, -0.2) is 49.5 Å². The number of carbonyl (C=O) groups is 1. The van der Waals surface area contributed by atoms with Gasteiger partial charge in [-0.15, -0.1) is 0 Å². The van der Waals surface area contributed by atoms with Gasteiger partial charge in [-0.2, -0.15) is 0 Å². The van der Waals surface area contributed by atoms with Crippen LogP contribution in [0.15, 0.2) is 54.9 Å². The molecule has 1 aliphatic rings. The minimum Gasteiger partial charge on any atom is -0.489 e. The number of ether oxygens (including phenoxy) is 5. The van der Waals surface area contributed by atoms with E-state index in [0.717, 1.165) is 6.07 Å². The number of hydrogen-bond donors (Lipinski definition) is 2. The van der Waals surface area contributed by atoms with Crippen molar-refractivity contribution in [1.82, 2.24) is 15.3 Å². The number of urea groups is 1. The van der Waals surface area contributed by atoms with Crippen molar-refractivity contribution in [3.05, 3.63) is 72.1 Å². The SMILES string of the molecule is COCCCOc1cc2ncnc(Oc3ccc(NC(=O)NCc4ccc(F)cc4)cc3F)c2c2c1OCCO2. The number of halogens is 2. The van der Waals surface area contributed by atoms with Crippen LogP contribution in [0.1, 0.15) is 12.0 Å². The van der Waals surface area contributed by atoms with E-state index < -0.39 is 11.8 Å². The number of anilines is 1. The monoisotopic (exact) mass is 552 g/mol. The van der Waals surface area contributed by atoms with Crippen LogP contribution < -0.4 is 29.6 Å². The molecule has 0 bridgehead atoms. The number of nitrogens with zero attached hydrogens (tertiary/aromatic N) is 2. The summed E-state index contributed by atoms with van der Waals surface area (Å²) in [5, 5.41) is 5.59. The topological polar surface area (TPSA) is 113 Å². The lowest BCUT2D eigenvalue weighted by molar-refractivity contribution is 0.154. The molecule has 0 aliphatic carbocycles. The lowest BCUT2D eigenvalue weighted by atomic mass is 10.1. The van der Waals surface area contributed by atoms with Gasteiger partial charge in [0.25, 0.3) is 0 Å². The number of amides is 2. The zero-order valence-corrected chi connectivity index (χ0v) is 21.5. The number of aromatic nitrogens is 2. The van der Waals surface area contributed by atoms with Crippen molar-refractivity contribution in [1.29, 1.82) is 0 Å². The molecule has 40 heavy (non-hydrogen) atoms. The fraction of sp³-hybridized carbons (Fsp3) is 0.250. The van der Waals surface area contributed by atoms with Crippen LogP contribution in [0.5, 0.6) is 28.9 Å². The van der Waals surface area contributed by atoms with Gasteiger partial charge in [0.15, 0.2) is 23.1 Å². The molecule has 1 aliphatic heterocycles. The molecule has 0 radical (unpaired) electrons. The molecule has 208 valence electrons. The maximum Gasteiger partial charge on any atom is 0.319 e. The lowest BCUT2D eigenvalue weighted by Crippen LogP contribution is -2.28. The molecule has 3 aromatic carbocycles. The van der Waals surface area contributed by atoms with E-state index in [0.29, 0.717) is 66.6 Å². The Labute approximate surface area is 228 Å². The lowest BCUT2D eigenvalue weighted by Gasteiger charge is -2.23. The van der Waals surface area contributed by atoms with Crippen molar-refractivity contribution in [2.45, 2.75) is 13.0 Å². The molecule has 12 heteroatoms. The van der Waals surface area contributed by atoms with Gasteiger partial charge in [-0.3, -0.25) is 0 Å². The highest BCUT2D eigenvalue weighted by Crippen LogP contribution is 2.48. The zero-order chi connectivity index (χ0) is 27.9. The molecular weight excluding hydrogens is 526 g/mol. The highest BCUT2D eigenvalue weighted by molar-refractivity contribution is 5.94. The molecule has 2 N–H and O–H groups in total. The molecule has 4 aromatic rings. The highest BCUT2D eigenvalue weighted by atomic mass is 19.1. The standard InChI is InChI=1S/C28H26F2N4O6/c1-36-9-2-10-37-23-14-21-24(26-25(23)38-11-12-39-26)27(33-16-32-21)40-22-8-7-19(13-20(22)30)34-28(35)31-15-17-3-5-18(29)6-4-17/h3-8,13-14,16H,2,9-12,15H2,1H3,(H2,31,34,35). The summed E-state index contributed by atoms with van der Waals surface area (Å²) in [6.45, 7) is 1.75. The Balaban J connectivity index is 1.32. The van der Waals surface area contributed by atoms with E-state index >= 15 is 4.39 Å². The third-order valence-corrected chi connectivity index (χ3v) is 5.86. The van der Waals surface area contributed by atoms with Gasteiger partial charge in [0.05, 0.1) is 12.1 Å². The van der Waals surface area contributed by atoms with Gasteiger partial charge in [-0.1, -0.05) is 12.1 Å². The Morgan fingerprint density at radius 1 is 0.975 bits per heavy atom. The number of hydrogen-bond acceptors (Lipinski definition) is 8. The zero-order valence-electron chi connectivity index (χ0n) is 21.5. The van der Waals surface area contributed by atoms with Crippen molar-refractivity contribution < 1.29 is 37.3 Å². The van der Waals surface area contributed by atoms with E-state index in [1.54, 1.807) is 25.3 Å². The minimum absolute atomic E-state index is 0.0642. The van der Waals surface area contributed by atoms with Crippen molar-refractivity contribution in [2.75, 3.05) is 38.9 Å². The van der Waals surface area contributed by atoms with Crippen LogP contribution in [0, 0.1) is 11.6 Å². The maximum absolute atomic E-state index is 15.0. The first-order valence-corrected chi connectivity index (χ1v) is 12.5. The Bertz CT molecular complexity index is 1500. The fourth-order valence-electron chi connectivity index (χ4n) is 3.98. The first-order chi connectivity index (χ1) is 19.5. The van der Waals surface area contributed by atoms with E-state index in [2.05, 4.69) is 20.6 Å². The van der Waals surface area contributed by atoms with Crippen LogP contribution >= 0.6 is 0 Å². The first kappa shape index (κ1) is 26.9. The van der Waals surface area contributed by atoms with Gasteiger partial charge in [0, 0.05) is 44.5 Å². The number of fused-ring (bicyclic) bond motifs is 3. The molecule has 0 saturated carbocycles. The van der Waals surface area contributed by atoms with Crippen molar-refractivity contribution >= 4 is 22.6 Å². The van der Waals surface area contributed by atoms with E-state index in [4.69, 9.17) is 23.7 Å². The predicted molar refractivity (Wildman–Crippen MR) is 141 cm³/mol. The summed E-state index contributed by atoms with van der Waals surface area (Å²) < 4.78 is 56.5. The first-order valence-electron chi connectivity index (χ1n) is 12.5. The Morgan fingerprint density at radius 3 is 2.55 bits per heavy atom. The average Bonchev–Trinajstić information content (AvgIpc) is 2.96. The summed E-state index contributed by atoms with van der Waals surface area (Å²) in [7, 11) is 1.62. The second-order valence-corrected chi connectivity index (χ2v) is 8.68. The predicted octanol–water partition coefficient (Wildman–Crippen LogP) is 5.21. The van der Waals surface area contributed by atoms with Crippen LogP contribution in [-0.2, 0) is 11.3 Å². The Kier molecular flexibility index (Phi) is 8.35. The van der Waals surface area contributed by atoms with E-state index in [-0.39, 0.29) is 29.7 Å². The van der Waals surface area contributed by atoms with Gasteiger partial charge >= 0.3 is 6.03 Å². The summed E-state index contributed by atoms with van der Waals surface area (Å²) in [6.07, 6.45) is 1.98. The maximum atomic E-state index is 15.0. The summed E-state index contributed by atoms with van der Waals surface area (Å²) in [4.78, 5) is 20.8. The highest BCUT2D eigenvalue weighted by Gasteiger charge is 2.25. The van der Waals surface area contributed by atoms with Gasteiger partial charge in [-0.25, -0.2) is 23.5 Å². The quantitative estimate of drug-likeness (QED) is 0.258. The number of methoxy groups -OCH3 is 1. The largest absolute Gasteiger partial charge is 0.489 e. The van der Waals surface area contributed by atoms with E-state index in [9.17, 15) is 9.18 Å². The van der Waals surface area contributed by atoms with Crippen molar-refractivity contribution in [3.8, 4) is 28.9 Å². The molecule has 2 heterocycles. The number of rotatable bonds is 10. The smallest absolute Gasteiger partial charge is 0.319 e. The summed E-state index contributed by atoms with van der Waals surface area (Å²) in [5.41, 5.74) is 1.38. The molecule has 5 rings (SSSR count). The third-order valence-electron chi connectivity index (χ3n) is 5.86. The second kappa shape index (κ2) is 12.4. The summed E-state index contributed by atoms with van der Waals surface area (Å²) in [6, 6.07) is 10.8. The molecular formula is C28H26F2N4O6. The number of nitrogens with one attached hydrogen (secondary N) is 2. The molecule has 0 unspecified atom stereocenters. The molecule has 0 atom stereocenters. The van der Waals surface area contributed by atoms with Crippen LogP contribution in [0.2, 0.25) is 0 Å². The minimum atomic E-state index is -0.729. The molecule has 0 saturated heterocycles. The summed E-state index contributed by atoms with van der Waals surface area (Å²) >= 11 is 0. The number of carbonyl (C=O) groups excluding carboxylic acids is 1. The van der Waals surface area contributed by atoms with Crippen LogP contribution in [0.25, 0.3) is 10.9 Å². The van der Waals surface area contributed by atoms with Gasteiger partial charge in [-0.05, 0) is 29.8 Å². The number of benzene rings is 3. The molecule has 0 fully saturated rings. The third kappa shape index (κ3) is 6.29. The molecule has 2 amide bonds. The van der Waals surface area contributed by atoms with Gasteiger partial charge < -0.3 is 34.3 Å². The van der Waals surface area contributed by atoms with Crippen molar-refractivity contribution in [3.63, 3.8) is 0 Å². The summed E-state index contributed by atoms with van der Waals surface area (Å²) in [5.74, 6) is 0.0424. The fourth-order valence-corrected chi connectivity index (χ4v) is 3.98. The Hall–Kier alpha value is -4.71.